The number of carbonyl (C=O) groups is 2. The van der Waals surface area contributed by atoms with E-state index in [9.17, 15) is 14.7 Å². The molecular weight excluding hydrogens is 246 g/mol. The Balaban J connectivity index is 1.63. The molecule has 0 radical (unpaired) electrons. The minimum atomic E-state index is -0.690. The zero-order chi connectivity index (χ0) is 13.9. The maximum absolute atomic E-state index is 11.6. The number of likely N-dealkylation sites (tertiary alicyclic amines) is 1. The number of aliphatic hydroxyl groups is 1. The molecule has 2 rings (SSSR count). The maximum atomic E-state index is 11.6. The molecule has 0 aromatic heterocycles. The third-order valence-corrected chi connectivity index (χ3v) is 3.69. The average Bonchev–Trinajstić information content (AvgIpc) is 2.27. The zero-order valence-corrected chi connectivity index (χ0v) is 11.4. The first-order valence-corrected chi connectivity index (χ1v) is 7.00. The Hall–Kier alpha value is -1.14. The van der Waals surface area contributed by atoms with E-state index in [1.54, 1.807) is 6.92 Å². The molecule has 1 saturated heterocycles. The lowest BCUT2D eigenvalue weighted by atomic mass is 9.96. The van der Waals surface area contributed by atoms with E-state index in [0.29, 0.717) is 13.1 Å². The van der Waals surface area contributed by atoms with Crippen LogP contribution in [0.25, 0.3) is 0 Å². The number of rotatable bonds is 3. The van der Waals surface area contributed by atoms with Crippen LogP contribution in [0.15, 0.2) is 0 Å². The summed E-state index contributed by atoms with van der Waals surface area (Å²) in [5.41, 5.74) is -0.690. The molecule has 0 spiro atoms. The number of amides is 3. The first kappa shape index (κ1) is 14.3. The second-order valence-electron chi connectivity index (χ2n) is 6.00. The van der Waals surface area contributed by atoms with Crippen molar-refractivity contribution in [3.05, 3.63) is 0 Å². The molecule has 0 unspecified atom stereocenters. The van der Waals surface area contributed by atoms with Gasteiger partial charge in [-0.25, -0.2) is 4.79 Å². The summed E-state index contributed by atoms with van der Waals surface area (Å²) < 4.78 is 0. The molecule has 6 heteroatoms. The van der Waals surface area contributed by atoms with Gasteiger partial charge in [-0.1, -0.05) is 19.3 Å². The van der Waals surface area contributed by atoms with Crippen LogP contribution in [-0.2, 0) is 4.79 Å². The SMILES string of the molecule is CC1(O)CN(CC(=O)NC(=O)NC2CCCCC2)C1. The Labute approximate surface area is 113 Å². The molecule has 1 heterocycles. The van der Waals surface area contributed by atoms with E-state index in [1.807, 2.05) is 4.90 Å². The molecule has 0 bridgehead atoms. The number of β-amino-alcohol motifs (C(OH)–C–C–N with tert-alkyl or cyclic N) is 1. The van der Waals surface area contributed by atoms with Crippen LogP contribution in [-0.4, -0.2) is 53.2 Å². The highest BCUT2D eigenvalue weighted by Crippen LogP contribution is 2.19. The van der Waals surface area contributed by atoms with Crippen molar-refractivity contribution in [2.75, 3.05) is 19.6 Å². The zero-order valence-electron chi connectivity index (χ0n) is 11.4. The third kappa shape index (κ3) is 4.47. The first-order valence-electron chi connectivity index (χ1n) is 7.00. The summed E-state index contributed by atoms with van der Waals surface area (Å²) in [6.45, 7) is 2.85. The summed E-state index contributed by atoms with van der Waals surface area (Å²) in [6.07, 6.45) is 5.50. The van der Waals surface area contributed by atoms with E-state index in [1.165, 1.54) is 6.42 Å². The van der Waals surface area contributed by atoms with Crippen molar-refractivity contribution in [3.63, 3.8) is 0 Å². The van der Waals surface area contributed by atoms with Gasteiger partial charge in [-0.15, -0.1) is 0 Å². The van der Waals surface area contributed by atoms with E-state index < -0.39 is 11.6 Å². The molecule has 0 aromatic rings. The summed E-state index contributed by atoms with van der Waals surface area (Å²) in [5, 5.41) is 14.7. The molecule has 6 nitrogen and oxygen atoms in total. The lowest BCUT2D eigenvalue weighted by molar-refractivity contribution is -0.129. The van der Waals surface area contributed by atoms with Crippen LogP contribution in [0.5, 0.6) is 0 Å². The van der Waals surface area contributed by atoms with Crippen LogP contribution >= 0.6 is 0 Å². The van der Waals surface area contributed by atoms with Crippen LogP contribution in [0.4, 0.5) is 4.79 Å². The van der Waals surface area contributed by atoms with Gasteiger partial charge < -0.3 is 10.4 Å². The number of imide groups is 1. The highest BCUT2D eigenvalue weighted by Gasteiger charge is 2.37. The number of hydrogen-bond acceptors (Lipinski definition) is 4. The topological polar surface area (TPSA) is 81.7 Å². The van der Waals surface area contributed by atoms with E-state index in [-0.39, 0.29) is 18.5 Å². The highest BCUT2D eigenvalue weighted by atomic mass is 16.3. The van der Waals surface area contributed by atoms with Gasteiger partial charge >= 0.3 is 6.03 Å². The molecule has 1 saturated carbocycles. The first-order chi connectivity index (χ1) is 8.94. The van der Waals surface area contributed by atoms with Crippen LogP contribution in [0, 0.1) is 0 Å². The summed E-state index contributed by atoms with van der Waals surface area (Å²) in [7, 11) is 0. The second-order valence-corrected chi connectivity index (χ2v) is 6.00. The standard InChI is InChI=1S/C13H23N3O3/c1-13(19)8-16(9-13)7-11(17)15-12(18)14-10-5-3-2-4-6-10/h10,19H,2-9H2,1H3,(H2,14,15,17,18). The normalized spacial score (nSPS) is 23.5. The minimum absolute atomic E-state index is 0.161. The Bertz CT molecular complexity index is 343. The molecule has 0 atom stereocenters. The third-order valence-electron chi connectivity index (χ3n) is 3.69. The van der Waals surface area contributed by atoms with Gasteiger partial charge in [0.15, 0.2) is 0 Å². The smallest absolute Gasteiger partial charge is 0.321 e. The van der Waals surface area contributed by atoms with Crippen molar-refractivity contribution in [1.82, 2.24) is 15.5 Å². The van der Waals surface area contributed by atoms with Gasteiger partial charge in [0.1, 0.15) is 0 Å². The Morgan fingerprint density at radius 1 is 1.26 bits per heavy atom. The lowest BCUT2D eigenvalue weighted by Crippen LogP contribution is -2.62. The molecule has 3 N–H and O–H groups in total. The molecule has 1 aliphatic carbocycles. The summed E-state index contributed by atoms with van der Waals surface area (Å²) in [5.74, 6) is -0.316. The maximum Gasteiger partial charge on any atom is 0.321 e. The monoisotopic (exact) mass is 269 g/mol. The molecule has 2 aliphatic rings. The molecule has 19 heavy (non-hydrogen) atoms. The van der Waals surface area contributed by atoms with Crippen LogP contribution in [0.2, 0.25) is 0 Å². The molecular formula is C13H23N3O3. The van der Waals surface area contributed by atoms with E-state index in [4.69, 9.17) is 0 Å². The number of urea groups is 1. The lowest BCUT2D eigenvalue weighted by Gasteiger charge is -2.43. The van der Waals surface area contributed by atoms with Gasteiger partial charge in [0.25, 0.3) is 0 Å². The van der Waals surface area contributed by atoms with Gasteiger partial charge in [-0.3, -0.25) is 15.0 Å². The number of nitrogens with zero attached hydrogens (tertiary/aromatic N) is 1. The van der Waals surface area contributed by atoms with Crippen LogP contribution < -0.4 is 10.6 Å². The Kier molecular flexibility index (Phi) is 4.42. The average molecular weight is 269 g/mol. The quantitative estimate of drug-likeness (QED) is 0.684. The minimum Gasteiger partial charge on any atom is -0.388 e. The fourth-order valence-electron chi connectivity index (χ4n) is 2.87. The van der Waals surface area contributed by atoms with E-state index >= 15 is 0 Å². The molecule has 0 aromatic carbocycles. The molecule has 2 fully saturated rings. The number of hydrogen-bond donors (Lipinski definition) is 3. The Morgan fingerprint density at radius 3 is 2.47 bits per heavy atom. The van der Waals surface area contributed by atoms with Gasteiger partial charge in [0.2, 0.25) is 5.91 Å². The molecule has 1 aliphatic heterocycles. The summed E-state index contributed by atoms with van der Waals surface area (Å²) in [6, 6.07) is -0.199. The summed E-state index contributed by atoms with van der Waals surface area (Å²) >= 11 is 0. The van der Waals surface area contributed by atoms with E-state index in [0.717, 1.165) is 25.7 Å². The van der Waals surface area contributed by atoms with Crippen molar-refractivity contribution in [2.45, 2.75) is 50.7 Å². The fourth-order valence-corrected chi connectivity index (χ4v) is 2.87. The summed E-state index contributed by atoms with van der Waals surface area (Å²) in [4.78, 5) is 25.0. The van der Waals surface area contributed by atoms with Gasteiger partial charge in [-0.2, -0.15) is 0 Å². The number of carbonyl (C=O) groups excluding carboxylic acids is 2. The van der Waals surface area contributed by atoms with Crippen molar-refractivity contribution in [2.24, 2.45) is 0 Å². The Morgan fingerprint density at radius 2 is 1.89 bits per heavy atom. The number of nitrogens with one attached hydrogen (secondary N) is 2. The largest absolute Gasteiger partial charge is 0.388 e. The van der Waals surface area contributed by atoms with Crippen molar-refractivity contribution >= 4 is 11.9 Å². The van der Waals surface area contributed by atoms with Crippen LogP contribution in [0.3, 0.4) is 0 Å². The van der Waals surface area contributed by atoms with Crippen LogP contribution in [0.1, 0.15) is 39.0 Å². The highest BCUT2D eigenvalue weighted by molar-refractivity contribution is 5.95. The van der Waals surface area contributed by atoms with Gasteiger partial charge in [0.05, 0.1) is 12.1 Å². The van der Waals surface area contributed by atoms with Crippen molar-refractivity contribution < 1.29 is 14.7 Å². The van der Waals surface area contributed by atoms with Gasteiger partial charge in [-0.05, 0) is 19.8 Å². The van der Waals surface area contributed by atoms with Crippen molar-refractivity contribution in [3.8, 4) is 0 Å². The van der Waals surface area contributed by atoms with Gasteiger partial charge in [0, 0.05) is 19.1 Å². The second kappa shape index (κ2) is 5.88. The predicted molar refractivity (Wildman–Crippen MR) is 70.6 cm³/mol. The predicted octanol–water partition coefficient (Wildman–Crippen LogP) is 0.212. The molecule has 108 valence electrons. The fraction of sp³-hybridized carbons (Fsp3) is 0.846. The molecule has 3 amide bonds. The van der Waals surface area contributed by atoms with Crippen molar-refractivity contribution in [1.29, 1.82) is 0 Å². The van der Waals surface area contributed by atoms with E-state index in [2.05, 4.69) is 10.6 Å².